The van der Waals surface area contributed by atoms with Gasteiger partial charge in [0.05, 0.1) is 6.04 Å². The monoisotopic (exact) mass is 180 g/mol. The number of hydrogen-bond donors (Lipinski definition) is 1. The van der Waals surface area contributed by atoms with Crippen LogP contribution in [0.5, 0.6) is 0 Å². The van der Waals surface area contributed by atoms with Gasteiger partial charge in [0.2, 0.25) is 0 Å². The smallest absolute Gasteiger partial charge is 0.0680 e. The first kappa shape index (κ1) is 10.6. The van der Waals surface area contributed by atoms with Crippen LogP contribution >= 0.6 is 0 Å². The Hall–Kier alpha value is -0.520. The summed E-state index contributed by atoms with van der Waals surface area (Å²) in [5.74, 6) is 3.60. The molecular weight excluding hydrogens is 160 g/mol. The minimum absolute atomic E-state index is 0.273. The van der Waals surface area contributed by atoms with Crippen molar-refractivity contribution in [1.82, 2.24) is 10.2 Å². The number of piperidine rings is 1. The molecule has 2 heteroatoms. The highest BCUT2D eigenvalue weighted by molar-refractivity contribution is 4.96. The summed E-state index contributed by atoms with van der Waals surface area (Å²) in [5, 5.41) is 3.37. The van der Waals surface area contributed by atoms with Gasteiger partial charge in [0.15, 0.2) is 0 Å². The summed E-state index contributed by atoms with van der Waals surface area (Å²) in [6.07, 6.45) is 7.96. The number of nitrogens with one attached hydrogen (secondary N) is 1. The van der Waals surface area contributed by atoms with Gasteiger partial charge < -0.3 is 5.32 Å². The lowest BCUT2D eigenvalue weighted by atomic mass is 9.97. The minimum Gasteiger partial charge on any atom is -0.317 e. The summed E-state index contributed by atoms with van der Waals surface area (Å²) in [7, 11) is 2.12. The van der Waals surface area contributed by atoms with Crippen LogP contribution in [-0.4, -0.2) is 37.6 Å². The van der Waals surface area contributed by atoms with E-state index >= 15 is 0 Å². The van der Waals surface area contributed by atoms with Gasteiger partial charge in [-0.1, -0.05) is 5.92 Å². The molecular formula is C11H20N2. The van der Waals surface area contributed by atoms with E-state index in [4.69, 9.17) is 6.42 Å². The second-order valence-electron chi connectivity index (χ2n) is 3.98. The maximum absolute atomic E-state index is 5.37. The molecule has 74 valence electrons. The first-order valence-corrected chi connectivity index (χ1v) is 5.11. The first-order valence-electron chi connectivity index (χ1n) is 5.11. The van der Waals surface area contributed by atoms with E-state index in [0.29, 0.717) is 0 Å². The van der Waals surface area contributed by atoms with Crippen molar-refractivity contribution in [1.29, 1.82) is 0 Å². The van der Waals surface area contributed by atoms with E-state index in [1.807, 2.05) is 0 Å². The standard InChI is InChI=1S/C11H20N2/c1-4-10(2)13(3)9-11-5-7-12-8-6-11/h1,10-12H,5-9H2,2-3H3. The Morgan fingerprint density at radius 1 is 1.54 bits per heavy atom. The van der Waals surface area contributed by atoms with Gasteiger partial charge in [-0.2, -0.15) is 0 Å². The van der Waals surface area contributed by atoms with Crippen LogP contribution in [0.15, 0.2) is 0 Å². The van der Waals surface area contributed by atoms with Crippen LogP contribution in [0.4, 0.5) is 0 Å². The Kier molecular flexibility index (Phi) is 4.27. The normalized spacial score (nSPS) is 21.4. The van der Waals surface area contributed by atoms with Gasteiger partial charge in [-0.25, -0.2) is 0 Å². The first-order chi connectivity index (χ1) is 6.24. The molecule has 0 spiro atoms. The van der Waals surface area contributed by atoms with Crippen LogP contribution in [0, 0.1) is 18.3 Å². The fraction of sp³-hybridized carbons (Fsp3) is 0.818. The third kappa shape index (κ3) is 3.38. The largest absolute Gasteiger partial charge is 0.317 e. The van der Waals surface area contributed by atoms with Crippen LogP contribution in [0.2, 0.25) is 0 Å². The van der Waals surface area contributed by atoms with Crippen LogP contribution in [0.1, 0.15) is 19.8 Å². The van der Waals surface area contributed by atoms with E-state index in [0.717, 1.165) is 12.5 Å². The van der Waals surface area contributed by atoms with Gasteiger partial charge >= 0.3 is 0 Å². The molecule has 1 aliphatic rings. The molecule has 1 aliphatic heterocycles. The highest BCUT2D eigenvalue weighted by Gasteiger charge is 2.16. The van der Waals surface area contributed by atoms with E-state index in [2.05, 4.69) is 30.1 Å². The summed E-state index contributed by atoms with van der Waals surface area (Å²) in [6, 6.07) is 0.273. The van der Waals surface area contributed by atoms with E-state index in [1.165, 1.54) is 25.9 Å². The maximum Gasteiger partial charge on any atom is 0.0680 e. The van der Waals surface area contributed by atoms with Crippen molar-refractivity contribution in [2.75, 3.05) is 26.7 Å². The Bertz CT molecular complexity index is 177. The molecule has 0 bridgehead atoms. The molecule has 1 N–H and O–H groups in total. The molecule has 0 aromatic heterocycles. The third-order valence-electron chi connectivity index (χ3n) is 2.91. The molecule has 1 fully saturated rings. The molecule has 0 aromatic carbocycles. The molecule has 0 amide bonds. The van der Waals surface area contributed by atoms with Gasteiger partial charge in [0.1, 0.15) is 0 Å². The molecule has 1 saturated heterocycles. The molecule has 0 aliphatic carbocycles. The van der Waals surface area contributed by atoms with Crippen molar-refractivity contribution >= 4 is 0 Å². The predicted octanol–water partition coefficient (Wildman–Crippen LogP) is 0.940. The molecule has 0 radical (unpaired) electrons. The summed E-state index contributed by atoms with van der Waals surface area (Å²) in [6.45, 7) is 5.57. The topological polar surface area (TPSA) is 15.3 Å². The number of hydrogen-bond acceptors (Lipinski definition) is 2. The van der Waals surface area contributed by atoms with Crippen LogP contribution in [-0.2, 0) is 0 Å². The quantitative estimate of drug-likeness (QED) is 0.650. The second-order valence-corrected chi connectivity index (χ2v) is 3.98. The zero-order chi connectivity index (χ0) is 9.68. The molecule has 1 rings (SSSR count). The average Bonchev–Trinajstić information content (AvgIpc) is 2.18. The molecule has 13 heavy (non-hydrogen) atoms. The van der Waals surface area contributed by atoms with Crippen LogP contribution in [0.3, 0.4) is 0 Å². The lowest BCUT2D eigenvalue weighted by molar-refractivity contribution is 0.223. The highest BCUT2D eigenvalue weighted by Crippen LogP contribution is 2.13. The average molecular weight is 180 g/mol. The van der Waals surface area contributed by atoms with Crippen molar-refractivity contribution in [3.05, 3.63) is 0 Å². The second kappa shape index (κ2) is 5.26. The lowest BCUT2D eigenvalue weighted by Crippen LogP contribution is -2.37. The van der Waals surface area contributed by atoms with Crippen molar-refractivity contribution in [3.63, 3.8) is 0 Å². The SMILES string of the molecule is C#CC(C)N(C)CC1CCNCC1. The molecule has 1 atom stereocenters. The highest BCUT2D eigenvalue weighted by atomic mass is 15.1. The molecule has 2 nitrogen and oxygen atoms in total. The maximum atomic E-state index is 5.37. The van der Waals surface area contributed by atoms with Crippen LogP contribution in [0.25, 0.3) is 0 Å². The van der Waals surface area contributed by atoms with Crippen molar-refractivity contribution in [3.8, 4) is 12.3 Å². The van der Waals surface area contributed by atoms with E-state index in [1.54, 1.807) is 0 Å². The van der Waals surface area contributed by atoms with Crippen molar-refractivity contribution < 1.29 is 0 Å². The van der Waals surface area contributed by atoms with E-state index in [9.17, 15) is 0 Å². The van der Waals surface area contributed by atoms with Crippen molar-refractivity contribution in [2.24, 2.45) is 5.92 Å². The third-order valence-corrected chi connectivity index (χ3v) is 2.91. The molecule has 1 unspecified atom stereocenters. The van der Waals surface area contributed by atoms with Crippen molar-refractivity contribution in [2.45, 2.75) is 25.8 Å². The summed E-state index contributed by atoms with van der Waals surface area (Å²) >= 11 is 0. The van der Waals surface area contributed by atoms with Gasteiger partial charge in [-0.05, 0) is 45.8 Å². The number of rotatable bonds is 3. The minimum atomic E-state index is 0.273. The van der Waals surface area contributed by atoms with Gasteiger partial charge in [-0.3, -0.25) is 4.90 Å². The fourth-order valence-corrected chi connectivity index (χ4v) is 1.76. The van der Waals surface area contributed by atoms with Gasteiger partial charge in [0, 0.05) is 6.54 Å². The summed E-state index contributed by atoms with van der Waals surface area (Å²) in [5.41, 5.74) is 0. The van der Waals surface area contributed by atoms with Crippen LogP contribution < -0.4 is 5.32 Å². The fourth-order valence-electron chi connectivity index (χ4n) is 1.76. The number of nitrogens with zero attached hydrogens (tertiary/aromatic N) is 1. The Morgan fingerprint density at radius 2 is 2.15 bits per heavy atom. The van der Waals surface area contributed by atoms with Gasteiger partial charge in [-0.15, -0.1) is 6.42 Å². The summed E-state index contributed by atoms with van der Waals surface area (Å²) in [4.78, 5) is 2.27. The number of terminal acetylenes is 1. The predicted molar refractivity (Wildman–Crippen MR) is 56.5 cm³/mol. The molecule has 1 heterocycles. The summed E-state index contributed by atoms with van der Waals surface area (Å²) < 4.78 is 0. The Morgan fingerprint density at radius 3 is 2.69 bits per heavy atom. The zero-order valence-electron chi connectivity index (χ0n) is 8.71. The van der Waals surface area contributed by atoms with Gasteiger partial charge in [0.25, 0.3) is 0 Å². The lowest BCUT2D eigenvalue weighted by Gasteiger charge is -2.29. The Labute approximate surface area is 81.7 Å². The van der Waals surface area contributed by atoms with E-state index in [-0.39, 0.29) is 6.04 Å². The zero-order valence-corrected chi connectivity index (χ0v) is 8.71. The molecule has 0 saturated carbocycles. The molecule has 0 aromatic rings. The van der Waals surface area contributed by atoms with E-state index < -0.39 is 0 Å². The Balaban J connectivity index is 2.26.